The Labute approximate surface area is 228 Å². The molecule has 0 atom stereocenters. The predicted molar refractivity (Wildman–Crippen MR) is 155 cm³/mol. The number of aryl methyl sites for hydroxylation is 1. The van der Waals surface area contributed by atoms with Crippen LogP contribution in [0.3, 0.4) is 0 Å². The van der Waals surface area contributed by atoms with Gasteiger partial charge in [0.2, 0.25) is 5.95 Å². The van der Waals surface area contributed by atoms with E-state index in [-0.39, 0.29) is 5.91 Å². The number of pyridine rings is 1. The Morgan fingerprint density at radius 2 is 1.82 bits per heavy atom. The maximum atomic E-state index is 13.2. The van der Waals surface area contributed by atoms with Crippen LogP contribution < -0.4 is 9.62 Å². The topological polar surface area (TPSA) is 77.5 Å². The summed E-state index contributed by atoms with van der Waals surface area (Å²) < 4.78 is 1.37. The molecule has 2 aromatic carbocycles. The van der Waals surface area contributed by atoms with Gasteiger partial charge in [-0.2, -0.15) is 0 Å². The molecule has 0 bridgehead atoms. The van der Waals surface area contributed by atoms with Crippen LogP contribution in [0.15, 0.2) is 79.3 Å². The number of piperazine rings is 1. The molecule has 5 rings (SSSR count). The van der Waals surface area contributed by atoms with Gasteiger partial charge in [0.1, 0.15) is 0 Å². The molecule has 1 fully saturated rings. The van der Waals surface area contributed by atoms with Gasteiger partial charge in [-0.1, -0.05) is 31.0 Å². The van der Waals surface area contributed by atoms with Crippen molar-refractivity contribution in [2.45, 2.75) is 13.5 Å². The van der Waals surface area contributed by atoms with Crippen LogP contribution in [-0.4, -0.2) is 63.9 Å². The average Bonchev–Trinajstić information content (AvgIpc) is 2.96. The quantitative estimate of drug-likeness (QED) is 0.335. The summed E-state index contributed by atoms with van der Waals surface area (Å²) in [6.07, 6.45) is 5.20. The minimum atomic E-state index is -0.191. The number of rotatable bonds is 7. The Morgan fingerprint density at radius 1 is 1.03 bits per heavy atom. The van der Waals surface area contributed by atoms with Gasteiger partial charge in [0, 0.05) is 68.1 Å². The first-order chi connectivity index (χ1) is 18.5. The Kier molecular flexibility index (Phi) is 7.97. The number of anilines is 3. The van der Waals surface area contributed by atoms with Crippen LogP contribution >= 0.6 is 12.8 Å². The van der Waals surface area contributed by atoms with Crippen molar-refractivity contribution in [3.63, 3.8) is 0 Å². The van der Waals surface area contributed by atoms with Crippen molar-refractivity contribution in [2.75, 3.05) is 42.8 Å². The zero-order chi connectivity index (χ0) is 26.5. The first-order valence-corrected chi connectivity index (χ1v) is 13.0. The molecule has 38 heavy (non-hydrogen) atoms. The predicted octanol–water partition coefficient (Wildman–Crippen LogP) is 4.83. The van der Waals surface area contributed by atoms with Crippen molar-refractivity contribution >= 4 is 36.0 Å². The van der Waals surface area contributed by atoms with E-state index in [4.69, 9.17) is 0 Å². The molecule has 8 nitrogen and oxygen atoms in total. The van der Waals surface area contributed by atoms with Gasteiger partial charge in [-0.3, -0.25) is 19.0 Å². The van der Waals surface area contributed by atoms with E-state index in [1.165, 1.54) is 9.87 Å². The number of benzene rings is 2. The molecule has 9 heteroatoms. The average molecular weight is 526 g/mol. The number of hydrogen-bond acceptors (Lipinski definition) is 8. The number of likely N-dealkylation sites (N-methyl/N-ethyl adjacent to an activating group) is 1. The Morgan fingerprint density at radius 3 is 2.55 bits per heavy atom. The van der Waals surface area contributed by atoms with E-state index in [9.17, 15) is 4.79 Å². The first kappa shape index (κ1) is 25.8. The first-order valence-electron chi connectivity index (χ1n) is 12.6. The van der Waals surface area contributed by atoms with Gasteiger partial charge >= 0.3 is 0 Å². The van der Waals surface area contributed by atoms with E-state index in [0.29, 0.717) is 17.2 Å². The number of carbonyl (C=O) groups is 1. The standard InChI is InChI=1S/C29H31N7OS/c1-21-5-10-25(18-27(21)33-29-31-13-11-26(32-29)24-4-3-12-30-19-24)36(38)28(37)23-8-6-22(7-9-23)20-35-16-14-34(2)15-17-35/h3-13,18-19,38H,14-17,20H2,1-2H3,(H,31,32,33). The Bertz CT molecular complexity index is 1390. The fraction of sp³-hybridized carbons (Fsp3) is 0.241. The lowest BCUT2D eigenvalue weighted by Crippen LogP contribution is -2.43. The second-order valence-electron chi connectivity index (χ2n) is 9.52. The monoisotopic (exact) mass is 525 g/mol. The summed E-state index contributed by atoms with van der Waals surface area (Å²) in [6.45, 7) is 7.17. The molecule has 0 spiro atoms. The van der Waals surface area contributed by atoms with Gasteiger partial charge in [-0.15, -0.1) is 0 Å². The van der Waals surface area contributed by atoms with Crippen molar-refractivity contribution in [1.82, 2.24) is 24.8 Å². The maximum absolute atomic E-state index is 13.2. The Balaban J connectivity index is 1.27. The smallest absolute Gasteiger partial charge is 0.268 e. The normalized spacial score (nSPS) is 14.3. The molecule has 0 unspecified atom stereocenters. The SMILES string of the molecule is Cc1ccc(N(S)C(=O)c2ccc(CN3CCN(C)CC3)cc2)cc1Nc1nccc(-c2cccnc2)n1. The van der Waals surface area contributed by atoms with E-state index in [1.54, 1.807) is 18.6 Å². The minimum absolute atomic E-state index is 0.191. The lowest BCUT2D eigenvalue weighted by molar-refractivity contribution is 0.101. The number of nitrogens with zero attached hydrogens (tertiary/aromatic N) is 6. The molecule has 3 heterocycles. The molecule has 194 valence electrons. The minimum Gasteiger partial charge on any atom is -0.324 e. The van der Waals surface area contributed by atoms with Gasteiger partial charge in [-0.05, 0) is 67.6 Å². The highest BCUT2D eigenvalue weighted by Gasteiger charge is 2.18. The summed E-state index contributed by atoms with van der Waals surface area (Å²) in [6, 6.07) is 19.2. The molecule has 1 N–H and O–H groups in total. The number of nitrogens with one attached hydrogen (secondary N) is 1. The van der Waals surface area contributed by atoms with Crippen LogP contribution in [0.1, 0.15) is 21.5 Å². The van der Waals surface area contributed by atoms with Crippen molar-refractivity contribution in [2.24, 2.45) is 0 Å². The van der Waals surface area contributed by atoms with E-state index < -0.39 is 0 Å². The lowest BCUT2D eigenvalue weighted by atomic mass is 10.1. The molecule has 0 radical (unpaired) electrons. The van der Waals surface area contributed by atoms with Crippen LogP contribution in [-0.2, 0) is 6.54 Å². The fourth-order valence-electron chi connectivity index (χ4n) is 4.35. The zero-order valence-corrected chi connectivity index (χ0v) is 22.5. The summed E-state index contributed by atoms with van der Waals surface area (Å²) in [5, 5.41) is 3.28. The van der Waals surface area contributed by atoms with Crippen molar-refractivity contribution < 1.29 is 4.79 Å². The van der Waals surface area contributed by atoms with E-state index in [2.05, 4.69) is 49.9 Å². The lowest BCUT2D eigenvalue weighted by Gasteiger charge is -2.32. The van der Waals surface area contributed by atoms with Crippen molar-refractivity contribution in [1.29, 1.82) is 0 Å². The summed E-state index contributed by atoms with van der Waals surface area (Å²) in [4.78, 5) is 31.2. The third-order valence-electron chi connectivity index (χ3n) is 6.72. The largest absolute Gasteiger partial charge is 0.324 e. The van der Waals surface area contributed by atoms with Gasteiger partial charge in [-0.25, -0.2) is 9.97 Å². The summed E-state index contributed by atoms with van der Waals surface area (Å²) >= 11 is 4.54. The van der Waals surface area contributed by atoms with Crippen LogP contribution in [0.5, 0.6) is 0 Å². The highest BCUT2D eigenvalue weighted by molar-refractivity contribution is 7.82. The van der Waals surface area contributed by atoms with Crippen LogP contribution in [0, 0.1) is 6.92 Å². The molecule has 2 aromatic heterocycles. The highest BCUT2D eigenvalue weighted by Crippen LogP contribution is 2.28. The number of thiol groups is 1. The van der Waals surface area contributed by atoms with Crippen LogP contribution in [0.25, 0.3) is 11.3 Å². The molecule has 0 saturated carbocycles. The van der Waals surface area contributed by atoms with Crippen molar-refractivity contribution in [3.05, 3.63) is 95.9 Å². The fourth-order valence-corrected chi connectivity index (χ4v) is 4.59. The Hall–Kier alpha value is -3.79. The van der Waals surface area contributed by atoms with Crippen LogP contribution in [0.2, 0.25) is 0 Å². The van der Waals surface area contributed by atoms with Gasteiger partial charge in [0.05, 0.1) is 11.4 Å². The summed E-state index contributed by atoms with van der Waals surface area (Å²) in [5.41, 5.74) is 5.90. The second kappa shape index (κ2) is 11.7. The molecular weight excluding hydrogens is 494 g/mol. The summed E-state index contributed by atoms with van der Waals surface area (Å²) in [5.74, 6) is 0.267. The van der Waals surface area contributed by atoms with Crippen molar-refractivity contribution in [3.8, 4) is 11.3 Å². The summed E-state index contributed by atoms with van der Waals surface area (Å²) in [7, 11) is 2.16. The molecule has 1 saturated heterocycles. The second-order valence-corrected chi connectivity index (χ2v) is 9.92. The molecule has 1 aliphatic rings. The third kappa shape index (κ3) is 6.19. The van der Waals surface area contributed by atoms with Gasteiger partial charge in [0.25, 0.3) is 5.91 Å². The van der Waals surface area contributed by atoms with E-state index in [1.807, 2.05) is 67.6 Å². The maximum Gasteiger partial charge on any atom is 0.268 e. The number of aromatic nitrogens is 3. The number of carbonyl (C=O) groups excluding carboxylic acids is 1. The molecule has 4 aromatic rings. The van der Waals surface area contributed by atoms with E-state index >= 15 is 0 Å². The third-order valence-corrected chi connectivity index (χ3v) is 7.13. The van der Waals surface area contributed by atoms with Gasteiger partial charge < -0.3 is 10.2 Å². The number of hydrogen-bond donors (Lipinski definition) is 2. The molecule has 1 amide bonds. The zero-order valence-electron chi connectivity index (χ0n) is 21.6. The molecular formula is C29H31N7OS. The molecule has 1 aliphatic heterocycles. The van der Waals surface area contributed by atoms with E-state index in [0.717, 1.165) is 55.2 Å². The highest BCUT2D eigenvalue weighted by atomic mass is 32.1. The van der Waals surface area contributed by atoms with Gasteiger partial charge in [0.15, 0.2) is 0 Å². The van der Waals surface area contributed by atoms with Crippen LogP contribution in [0.4, 0.5) is 17.3 Å². The number of amides is 1. The molecule has 0 aliphatic carbocycles.